The lowest BCUT2D eigenvalue weighted by molar-refractivity contribution is 0.140. The van der Waals surface area contributed by atoms with Crippen molar-refractivity contribution in [2.24, 2.45) is 0 Å². The van der Waals surface area contributed by atoms with E-state index in [-0.39, 0.29) is 13.2 Å². The Morgan fingerprint density at radius 3 is 2.94 bits per heavy atom. The van der Waals surface area contributed by atoms with Crippen LogP contribution in [0.4, 0.5) is 4.79 Å². The first-order chi connectivity index (χ1) is 7.77. The molecule has 0 atom stereocenters. The van der Waals surface area contributed by atoms with E-state index in [1.54, 1.807) is 25.3 Å². The molecule has 0 aliphatic rings. The molecule has 0 aliphatic carbocycles. The maximum Gasteiger partial charge on any atom is 0.408 e. The van der Waals surface area contributed by atoms with Crippen LogP contribution in [0.15, 0.2) is 24.3 Å². The first-order valence-corrected chi connectivity index (χ1v) is 4.67. The smallest absolute Gasteiger partial charge is 0.408 e. The number of hydrogen-bond donors (Lipinski definition) is 1. The van der Waals surface area contributed by atoms with Crippen molar-refractivity contribution in [3.63, 3.8) is 0 Å². The van der Waals surface area contributed by atoms with Crippen molar-refractivity contribution in [2.45, 2.75) is 6.61 Å². The Morgan fingerprint density at radius 2 is 2.25 bits per heavy atom. The highest BCUT2D eigenvalue weighted by Crippen LogP contribution is 2.17. The zero-order valence-electron chi connectivity index (χ0n) is 8.90. The van der Waals surface area contributed by atoms with Gasteiger partial charge in [0.15, 0.2) is 0 Å². The average molecular weight is 220 g/mol. The van der Waals surface area contributed by atoms with Crippen molar-refractivity contribution >= 4 is 6.09 Å². The maximum atomic E-state index is 11.0. The maximum absolute atomic E-state index is 11.0. The fourth-order valence-corrected chi connectivity index (χ4v) is 1.13. The van der Waals surface area contributed by atoms with Crippen LogP contribution < -0.4 is 10.1 Å². The number of rotatable bonds is 4. The van der Waals surface area contributed by atoms with Gasteiger partial charge in [-0.3, -0.25) is 0 Å². The summed E-state index contributed by atoms with van der Waals surface area (Å²) in [5.74, 6) is 0.663. The molecule has 84 valence electrons. The summed E-state index contributed by atoms with van der Waals surface area (Å²) in [4.78, 5) is 11.0. The summed E-state index contributed by atoms with van der Waals surface area (Å²) in [5.41, 5.74) is 0.775. The second-order valence-electron chi connectivity index (χ2n) is 2.90. The second kappa shape index (κ2) is 6.30. The Balaban J connectivity index is 2.48. The highest BCUT2D eigenvalue weighted by atomic mass is 16.5. The van der Waals surface area contributed by atoms with Crippen LogP contribution in [0.2, 0.25) is 0 Å². The lowest BCUT2D eigenvalue weighted by atomic mass is 10.2. The number of alkyl carbamates (subject to hydrolysis) is 1. The highest BCUT2D eigenvalue weighted by Gasteiger charge is 2.05. The van der Waals surface area contributed by atoms with Gasteiger partial charge in [-0.15, -0.1) is 0 Å². The zero-order valence-corrected chi connectivity index (χ0v) is 8.90. The average Bonchev–Trinajstić information content (AvgIpc) is 2.34. The predicted octanol–water partition coefficient (Wildman–Crippen LogP) is 1.44. The number of nitrogens with one attached hydrogen (secondary N) is 1. The first-order valence-electron chi connectivity index (χ1n) is 4.67. The SMILES string of the molecule is COc1ccccc1COC(=O)NCC#N. The van der Waals surface area contributed by atoms with Crippen molar-refractivity contribution in [2.75, 3.05) is 13.7 Å². The number of ether oxygens (including phenoxy) is 2. The molecule has 0 fully saturated rings. The van der Waals surface area contributed by atoms with Gasteiger partial charge in [0.25, 0.3) is 0 Å². The van der Waals surface area contributed by atoms with Gasteiger partial charge in [-0.2, -0.15) is 5.26 Å². The number of nitriles is 1. The zero-order chi connectivity index (χ0) is 11.8. The lowest BCUT2D eigenvalue weighted by Crippen LogP contribution is -2.24. The van der Waals surface area contributed by atoms with E-state index in [0.717, 1.165) is 5.56 Å². The minimum Gasteiger partial charge on any atom is -0.496 e. The number of para-hydroxylation sites is 1. The minimum atomic E-state index is -0.618. The molecule has 5 heteroatoms. The summed E-state index contributed by atoms with van der Waals surface area (Å²) >= 11 is 0. The fourth-order valence-electron chi connectivity index (χ4n) is 1.13. The molecule has 0 saturated carbocycles. The second-order valence-corrected chi connectivity index (χ2v) is 2.90. The van der Waals surface area contributed by atoms with Gasteiger partial charge in [0.2, 0.25) is 0 Å². The van der Waals surface area contributed by atoms with E-state index in [9.17, 15) is 4.79 Å². The Kier molecular flexibility index (Phi) is 4.67. The molecule has 5 nitrogen and oxygen atoms in total. The van der Waals surface area contributed by atoms with Gasteiger partial charge in [0.05, 0.1) is 13.2 Å². The van der Waals surface area contributed by atoms with Crippen LogP contribution in [0, 0.1) is 11.3 Å². The summed E-state index contributed by atoms with van der Waals surface area (Å²) < 4.78 is 9.99. The number of carbonyl (C=O) groups is 1. The van der Waals surface area contributed by atoms with Crippen LogP contribution in [0.3, 0.4) is 0 Å². The summed E-state index contributed by atoms with van der Waals surface area (Å²) in [7, 11) is 1.55. The van der Waals surface area contributed by atoms with Crippen molar-refractivity contribution in [3.05, 3.63) is 29.8 Å². The minimum absolute atomic E-state index is 0.0647. The number of carbonyl (C=O) groups excluding carboxylic acids is 1. The normalized spacial score (nSPS) is 9.00. The van der Waals surface area contributed by atoms with E-state index < -0.39 is 6.09 Å². The third-order valence-electron chi connectivity index (χ3n) is 1.86. The topological polar surface area (TPSA) is 71.3 Å². The van der Waals surface area contributed by atoms with Crippen LogP contribution in [-0.2, 0) is 11.3 Å². The molecule has 1 N–H and O–H groups in total. The molecular formula is C11H12N2O3. The third-order valence-corrected chi connectivity index (χ3v) is 1.86. The fraction of sp³-hybridized carbons (Fsp3) is 0.273. The largest absolute Gasteiger partial charge is 0.496 e. The van der Waals surface area contributed by atoms with E-state index in [4.69, 9.17) is 14.7 Å². The molecule has 0 spiro atoms. The quantitative estimate of drug-likeness (QED) is 0.779. The summed E-state index contributed by atoms with van der Waals surface area (Å²) in [5, 5.41) is 10.5. The van der Waals surface area contributed by atoms with E-state index in [1.165, 1.54) is 0 Å². The van der Waals surface area contributed by atoms with Gasteiger partial charge >= 0.3 is 6.09 Å². The standard InChI is InChI=1S/C11H12N2O3/c1-15-10-5-3-2-4-9(10)8-16-11(14)13-7-6-12/h2-5H,7-8H2,1H3,(H,13,14). The molecule has 0 heterocycles. The molecule has 0 aliphatic heterocycles. The summed E-state index contributed by atoms with van der Waals surface area (Å²) in [6.07, 6.45) is -0.618. The number of amides is 1. The van der Waals surface area contributed by atoms with Crippen LogP contribution >= 0.6 is 0 Å². The van der Waals surface area contributed by atoms with E-state index in [1.807, 2.05) is 12.1 Å². The molecule has 0 aromatic heterocycles. The van der Waals surface area contributed by atoms with Crippen molar-refractivity contribution in [1.29, 1.82) is 5.26 Å². The molecular weight excluding hydrogens is 208 g/mol. The van der Waals surface area contributed by atoms with Gasteiger partial charge in [0.1, 0.15) is 18.9 Å². The monoisotopic (exact) mass is 220 g/mol. The van der Waals surface area contributed by atoms with Gasteiger partial charge in [0, 0.05) is 5.56 Å². The van der Waals surface area contributed by atoms with E-state index in [0.29, 0.717) is 5.75 Å². The summed E-state index contributed by atoms with van der Waals surface area (Å²) in [6.45, 7) is 0.0477. The molecule has 16 heavy (non-hydrogen) atoms. The third kappa shape index (κ3) is 3.50. The predicted molar refractivity (Wildman–Crippen MR) is 56.8 cm³/mol. The summed E-state index contributed by atoms with van der Waals surface area (Å²) in [6, 6.07) is 9.03. The first kappa shape index (κ1) is 11.9. The molecule has 0 saturated heterocycles. The molecule has 0 unspecified atom stereocenters. The van der Waals surface area contributed by atoms with Crippen molar-refractivity contribution in [3.8, 4) is 11.8 Å². The Bertz CT molecular complexity index is 398. The molecule has 0 bridgehead atoms. The number of methoxy groups -OCH3 is 1. The number of hydrogen-bond acceptors (Lipinski definition) is 4. The van der Waals surface area contributed by atoms with Crippen LogP contribution in [-0.4, -0.2) is 19.7 Å². The molecule has 1 amide bonds. The van der Waals surface area contributed by atoms with Crippen molar-refractivity contribution in [1.82, 2.24) is 5.32 Å². The molecule has 1 aromatic rings. The van der Waals surface area contributed by atoms with Crippen LogP contribution in [0.1, 0.15) is 5.56 Å². The van der Waals surface area contributed by atoms with Gasteiger partial charge < -0.3 is 14.8 Å². The Morgan fingerprint density at radius 1 is 1.50 bits per heavy atom. The molecule has 1 aromatic carbocycles. The Labute approximate surface area is 93.6 Å². The lowest BCUT2D eigenvalue weighted by Gasteiger charge is -2.08. The van der Waals surface area contributed by atoms with Crippen LogP contribution in [0.25, 0.3) is 0 Å². The Hall–Kier alpha value is -2.22. The van der Waals surface area contributed by atoms with E-state index in [2.05, 4.69) is 5.32 Å². The van der Waals surface area contributed by atoms with Gasteiger partial charge in [-0.05, 0) is 6.07 Å². The van der Waals surface area contributed by atoms with Gasteiger partial charge in [-0.25, -0.2) is 4.79 Å². The number of benzene rings is 1. The highest BCUT2D eigenvalue weighted by molar-refractivity contribution is 5.67. The van der Waals surface area contributed by atoms with Crippen molar-refractivity contribution < 1.29 is 14.3 Å². The molecule has 1 rings (SSSR count). The number of nitrogens with zero attached hydrogens (tertiary/aromatic N) is 1. The van der Waals surface area contributed by atoms with Crippen LogP contribution in [0.5, 0.6) is 5.75 Å². The van der Waals surface area contributed by atoms with Gasteiger partial charge in [-0.1, -0.05) is 18.2 Å². The van der Waals surface area contributed by atoms with E-state index >= 15 is 0 Å². The molecule has 0 radical (unpaired) electrons.